The van der Waals surface area contributed by atoms with Crippen LogP contribution in [0.4, 0.5) is 0 Å². The van der Waals surface area contributed by atoms with E-state index in [0.717, 1.165) is 13.2 Å². The molecule has 2 aliphatic heterocycles. The van der Waals surface area contributed by atoms with Gasteiger partial charge in [0.25, 0.3) is 0 Å². The fraction of sp³-hybridized carbons (Fsp3) is 1.00. The Bertz CT molecular complexity index is 239. The summed E-state index contributed by atoms with van der Waals surface area (Å²) in [6.45, 7) is 11.6. The summed E-state index contributed by atoms with van der Waals surface area (Å²) >= 11 is 0. The zero-order valence-electron chi connectivity index (χ0n) is 12.2. The summed E-state index contributed by atoms with van der Waals surface area (Å²) in [6.07, 6.45) is 6.37. The third-order valence-corrected chi connectivity index (χ3v) is 4.51. The molecule has 3 nitrogen and oxygen atoms in total. The van der Waals surface area contributed by atoms with Crippen molar-refractivity contribution < 1.29 is 4.74 Å². The van der Waals surface area contributed by atoms with Crippen LogP contribution >= 0.6 is 0 Å². The molecule has 0 saturated carbocycles. The van der Waals surface area contributed by atoms with Gasteiger partial charge in [0.15, 0.2) is 0 Å². The van der Waals surface area contributed by atoms with E-state index in [1.165, 1.54) is 58.3 Å². The van der Waals surface area contributed by atoms with Crippen molar-refractivity contribution in [1.29, 1.82) is 0 Å². The lowest BCUT2D eigenvalue weighted by Gasteiger charge is -2.38. The minimum atomic E-state index is 0.485. The van der Waals surface area contributed by atoms with E-state index < -0.39 is 0 Å². The molecule has 1 atom stereocenters. The molecule has 0 aromatic heterocycles. The minimum absolute atomic E-state index is 0.485. The Kier molecular flexibility index (Phi) is 5.46. The quantitative estimate of drug-likeness (QED) is 0.833. The second-order valence-electron chi connectivity index (χ2n) is 6.45. The summed E-state index contributed by atoms with van der Waals surface area (Å²) in [5.74, 6) is 0. The summed E-state index contributed by atoms with van der Waals surface area (Å²) in [5.41, 5.74) is 0.485. The van der Waals surface area contributed by atoms with Crippen LogP contribution in [0.3, 0.4) is 0 Å². The number of nitrogens with zero attached hydrogens (tertiary/aromatic N) is 1. The third-order valence-electron chi connectivity index (χ3n) is 4.51. The first-order valence-electron chi connectivity index (χ1n) is 7.75. The molecular weight excluding hydrogens is 224 g/mol. The molecule has 0 radical (unpaired) electrons. The molecular formula is C15H30N2O. The lowest BCUT2D eigenvalue weighted by Crippen LogP contribution is -2.44. The summed E-state index contributed by atoms with van der Waals surface area (Å²) in [4.78, 5) is 2.70. The molecule has 0 spiro atoms. The Morgan fingerprint density at radius 1 is 1.33 bits per heavy atom. The van der Waals surface area contributed by atoms with Crippen molar-refractivity contribution in [3.8, 4) is 0 Å². The van der Waals surface area contributed by atoms with Gasteiger partial charge in [0.05, 0.1) is 0 Å². The van der Waals surface area contributed by atoms with Gasteiger partial charge in [-0.2, -0.15) is 0 Å². The summed E-state index contributed by atoms with van der Waals surface area (Å²) in [6, 6.07) is 0.709. The molecule has 2 fully saturated rings. The lowest BCUT2D eigenvalue weighted by molar-refractivity contribution is 0.00475. The van der Waals surface area contributed by atoms with E-state index in [-0.39, 0.29) is 0 Å². The average Bonchev–Trinajstić information content (AvgIpc) is 2.55. The van der Waals surface area contributed by atoms with Crippen molar-refractivity contribution >= 4 is 0 Å². The lowest BCUT2D eigenvalue weighted by atomic mass is 9.82. The third kappa shape index (κ3) is 4.22. The average molecular weight is 254 g/mol. The van der Waals surface area contributed by atoms with Crippen molar-refractivity contribution in [3.63, 3.8) is 0 Å². The second-order valence-corrected chi connectivity index (χ2v) is 6.45. The monoisotopic (exact) mass is 254 g/mol. The SMILES string of the molecule is CCCC1CN(CC2(C)CCOCC2)CCCN1. The minimum Gasteiger partial charge on any atom is -0.381 e. The highest BCUT2D eigenvalue weighted by molar-refractivity contribution is 4.84. The summed E-state index contributed by atoms with van der Waals surface area (Å²) in [7, 11) is 0. The van der Waals surface area contributed by atoms with Crippen molar-refractivity contribution in [3.05, 3.63) is 0 Å². The van der Waals surface area contributed by atoms with E-state index in [2.05, 4.69) is 24.1 Å². The highest BCUT2D eigenvalue weighted by Crippen LogP contribution is 2.31. The predicted octanol–water partition coefficient (Wildman–Crippen LogP) is 2.27. The normalized spacial score (nSPS) is 30.0. The predicted molar refractivity (Wildman–Crippen MR) is 75.9 cm³/mol. The molecule has 2 saturated heterocycles. The van der Waals surface area contributed by atoms with Crippen molar-refractivity contribution in [2.45, 2.75) is 52.0 Å². The van der Waals surface area contributed by atoms with Gasteiger partial charge in [-0.1, -0.05) is 20.3 Å². The molecule has 0 bridgehead atoms. The molecule has 0 aliphatic carbocycles. The number of hydrogen-bond acceptors (Lipinski definition) is 3. The van der Waals surface area contributed by atoms with E-state index in [1.807, 2.05) is 0 Å². The molecule has 2 aliphatic rings. The first-order chi connectivity index (χ1) is 8.72. The smallest absolute Gasteiger partial charge is 0.0471 e. The van der Waals surface area contributed by atoms with Crippen molar-refractivity contribution in [2.75, 3.05) is 39.4 Å². The summed E-state index contributed by atoms with van der Waals surface area (Å²) < 4.78 is 5.51. The van der Waals surface area contributed by atoms with Crippen LogP contribution in [0.25, 0.3) is 0 Å². The molecule has 2 heterocycles. The first-order valence-corrected chi connectivity index (χ1v) is 7.75. The van der Waals surface area contributed by atoms with E-state index in [4.69, 9.17) is 4.74 Å². The van der Waals surface area contributed by atoms with Crippen LogP contribution in [-0.4, -0.2) is 50.3 Å². The molecule has 1 unspecified atom stereocenters. The maximum atomic E-state index is 5.51. The van der Waals surface area contributed by atoms with E-state index in [1.54, 1.807) is 0 Å². The molecule has 0 aromatic rings. The number of hydrogen-bond donors (Lipinski definition) is 1. The van der Waals surface area contributed by atoms with Gasteiger partial charge in [-0.3, -0.25) is 0 Å². The molecule has 106 valence electrons. The Labute approximate surface area is 112 Å². The standard InChI is InChI=1S/C15H30N2O/c1-3-5-14-12-17(9-4-8-16-14)13-15(2)6-10-18-11-7-15/h14,16H,3-13H2,1-2H3. The Morgan fingerprint density at radius 2 is 2.11 bits per heavy atom. The highest BCUT2D eigenvalue weighted by Gasteiger charge is 2.30. The molecule has 3 heteroatoms. The van der Waals surface area contributed by atoms with Gasteiger partial charge in [0, 0.05) is 32.3 Å². The maximum Gasteiger partial charge on any atom is 0.0471 e. The molecule has 1 N–H and O–H groups in total. The number of nitrogens with one attached hydrogen (secondary N) is 1. The van der Waals surface area contributed by atoms with Crippen LogP contribution in [0.5, 0.6) is 0 Å². The topological polar surface area (TPSA) is 24.5 Å². The maximum absolute atomic E-state index is 5.51. The largest absolute Gasteiger partial charge is 0.381 e. The van der Waals surface area contributed by atoms with Crippen LogP contribution in [-0.2, 0) is 4.74 Å². The van der Waals surface area contributed by atoms with Crippen molar-refractivity contribution in [2.24, 2.45) is 5.41 Å². The van der Waals surface area contributed by atoms with Gasteiger partial charge in [-0.05, 0) is 44.2 Å². The first kappa shape index (κ1) is 14.3. The van der Waals surface area contributed by atoms with E-state index >= 15 is 0 Å². The number of rotatable bonds is 4. The van der Waals surface area contributed by atoms with Crippen molar-refractivity contribution in [1.82, 2.24) is 10.2 Å². The Balaban J connectivity index is 1.86. The van der Waals surface area contributed by atoms with Crippen LogP contribution in [0, 0.1) is 5.41 Å². The second kappa shape index (κ2) is 6.88. The zero-order valence-corrected chi connectivity index (χ0v) is 12.2. The van der Waals surface area contributed by atoms with Crippen LogP contribution in [0.2, 0.25) is 0 Å². The van der Waals surface area contributed by atoms with Crippen LogP contribution in [0.1, 0.15) is 46.0 Å². The Hall–Kier alpha value is -0.120. The highest BCUT2D eigenvalue weighted by atomic mass is 16.5. The Morgan fingerprint density at radius 3 is 2.83 bits per heavy atom. The van der Waals surface area contributed by atoms with Gasteiger partial charge in [0.1, 0.15) is 0 Å². The van der Waals surface area contributed by atoms with Gasteiger partial charge in [-0.25, -0.2) is 0 Å². The van der Waals surface area contributed by atoms with E-state index in [0.29, 0.717) is 11.5 Å². The van der Waals surface area contributed by atoms with Gasteiger partial charge >= 0.3 is 0 Å². The number of ether oxygens (including phenoxy) is 1. The van der Waals surface area contributed by atoms with Gasteiger partial charge in [-0.15, -0.1) is 0 Å². The van der Waals surface area contributed by atoms with Crippen LogP contribution in [0.15, 0.2) is 0 Å². The molecule has 0 aromatic carbocycles. The molecule has 0 amide bonds. The fourth-order valence-corrected chi connectivity index (χ4v) is 3.32. The van der Waals surface area contributed by atoms with Gasteiger partial charge in [0.2, 0.25) is 0 Å². The zero-order chi connectivity index (χ0) is 12.8. The molecule has 18 heavy (non-hydrogen) atoms. The van der Waals surface area contributed by atoms with E-state index in [9.17, 15) is 0 Å². The fourth-order valence-electron chi connectivity index (χ4n) is 3.32. The van der Waals surface area contributed by atoms with Gasteiger partial charge < -0.3 is 15.0 Å². The summed E-state index contributed by atoms with van der Waals surface area (Å²) in [5, 5.41) is 3.70. The van der Waals surface area contributed by atoms with Crippen LogP contribution < -0.4 is 5.32 Å². The molecule has 2 rings (SSSR count).